The summed E-state index contributed by atoms with van der Waals surface area (Å²) >= 11 is 3.01. The van der Waals surface area contributed by atoms with Crippen LogP contribution >= 0.6 is 15.9 Å². The van der Waals surface area contributed by atoms with Crippen LogP contribution in [0.5, 0.6) is 0 Å². The summed E-state index contributed by atoms with van der Waals surface area (Å²) in [4.78, 5) is 25.1. The van der Waals surface area contributed by atoms with E-state index in [1.54, 1.807) is 4.90 Å². The van der Waals surface area contributed by atoms with Crippen LogP contribution in [0.4, 0.5) is 4.39 Å². The average molecular weight is 331 g/mol. The molecule has 0 heterocycles. The largest absolute Gasteiger partial charge is 0.343 e. The van der Waals surface area contributed by atoms with Crippen LogP contribution in [0.1, 0.15) is 24.2 Å². The number of nitrogens with zero attached hydrogens (tertiary/aromatic N) is 1. The van der Waals surface area contributed by atoms with E-state index >= 15 is 0 Å². The van der Waals surface area contributed by atoms with Crippen LogP contribution < -0.4 is 5.32 Å². The minimum atomic E-state index is -0.511. The molecular formula is C13H16BrFN2O2. The number of likely N-dealkylation sites (N-methyl/N-ethyl adjacent to an activating group) is 1. The van der Waals surface area contributed by atoms with Crippen LogP contribution in [0.25, 0.3) is 0 Å². The number of carbonyl (C=O) groups excluding carboxylic acids is 2. The molecule has 1 aromatic rings. The highest BCUT2D eigenvalue weighted by molar-refractivity contribution is 9.10. The van der Waals surface area contributed by atoms with E-state index in [-0.39, 0.29) is 18.0 Å². The summed E-state index contributed by atoms with van der Waals surface area (Å²) in [7, 11) is 0. The first-order valence-corrected chi connectivity index (χ1v) is 6.79. The van der Waals surface area contributed by atoms with Crippen LogP contribution in [-0.2, 0) is 4.79 Å². The van der Waals surface area contributed by atoms with Crippen molar-refractivity contribution in [2.24, 2.45) is 0 Å². The second kappa shape index (κ2) is 7.23. The van der Waals surface area contributed by atoms with Gasteiger partial charge in [-0.25, -0.2) is 4.39 Å². The number of rotatable bonds is 5. The standard InChI is InChI=1S/C13H16BrFN2O2/c1-3-17(4-2)12(18)8-16-13(19)9-5-6-10(14)11(15)7-9/h5-7H,3-4,8H2,1-2H3,(H,16,19). The van der Waals surface area contributed by atoms with Gasteiger partial charge in [-0.05, 0) is 48.0 Å². The highest BCUT2D eigenvalue weighted by Gasteiger charge is 2.13. The van der Waals surface area contributed by atoms with E-state index in [2.05, 4.69) is 21.2 Å². The number of benzene rings is 1. The van der Waals surface area contributed by atoms with Crippen molar-refractivity contribution < 1.29 is 14.0 Å². The number of amides is 2. The van der Waals surface area contributed by atoms with Gasteiger partial charge in [0.2, 0.25) is 5.91 Å². The van der Waals surface area contributed by atoms with Crippen LogP contribution in [0.15, 0.2) is 22.7 Å². The average Bonchev–Trinajstić information content (AvgIpc) is 2.40. The first-order chi connectivity index (χ1) is 8.99. The Kier molecular flexibility index (Phi) is 5.95. The predicted octanol–water partition coefficient (Wildman–Crippen LogP) is 2.19. The van der Waals surface area contributed by atoms with Gasteiger partial charge in [0.15, 0.2) is 0 Å². The molecule has 6 heteroatoms. The molecule has 0 fully saturated rings. The quantitative estimate of drug-likeness (QED) is 0.899. The molecule has 0 aromatic heterocycles. The van der Waals surface area contributed by atoms with Crippen molar-refractivity contribution in [3.05, 3.63) is 34.1 Å². The number of carbonyl (C=O) groups is 2. The molecule has 104 valence electrons. The zero-order valence-corrected chi connectivity index (χ0v) is 12.5. The third-order valence-electron chi connectivity index (χ3n) is 2.70. The van der Waals surface area contributed by atoms with E-state index in [0.717, 1.165) is 6.07 Å². The lowest BCUT2D eigenvalue weighted by Gasteiger charge is -2.18. The van der Waals surface area contributed by atoms with Gasteiger partial charge >= 0.3 is 0 Å². The van der Waals surface area contributed by atoms with Crippen molar-refractivity contribution in [2.45, 2.75) is 13.8 Å². The molecule has 19 heavy (non-hydrogen) atoms. The summed E-state index contributed by atoms with van der Waals surface area (Å²) in [5, 5.41) is 2.48. The smallest absolute Gasteiger partial charge is 0.251 e. The van der Waals surface area contributed by atoms with Crippen molar-refractivity contribution >= 4 is 27.7 Å². The SMILES string of the molecule is CCN(CC)C(=O)CNC(=O)c1ccc(Br)c(F)c1. The van der Waals surface area contributed by atoms with Gasteiger partial charge in [0.05, 0.1) is 11.0 Å². The van der Waals surface area contributed by atoms with E-state index < -0.39 is 11.7 Å². The Labute approximate surface area is 120 Å². The van der Waals surface area contributed by atoms with Gasteiger partial charge in [-0.2, -0.15) is 0 Å². The van der Waals surface area contributed by atoms with Crippen molar-refractivity contribution in [1.29, 1.82) is 0 Å². The summed E-state index contributed by atoms with van der Waals surface area (Å²) < 4.78 is 13.6. The van der Waals surface area contributed by atoms with Crippen molar-refractivity contribution in [2.75, 3.05) is 19.6 Å². The minimum Gasteiger partial charge on any atom is -0.343 e. The molecule has 2 amide bonds. The Morgan fingerprint density at radius 1 is 1.32 bits per heavy atom. The van der Waals surface area contributed by atoms with Gasteiger partial charge in [0.25, 0.3) is 5.91 Å². The number of nitrogens with one attached hydrogen (secondary N) is 1. The molecule has 0 spiro atoms. The second-order valence-electron chi connectivity index (χ2n) is 3.88. The molecule has 0 saturated heterocycles. The second-order valence-corrected chi connectivity index (χ2v) is 4.73. The van der Waals surface area contributed by atoms with Crippen LogP contribution in [0, 0.1) is 5.82 Å². The lowest BCUT2D eigenvalue weighted by atomic mass is 10.2. The molecule has 0 aliphatic carbocycles. The molecule has 1 N–H and O–H groups in total. The Hall–Kier alpha value is -1.43. The van der Waals surface area contributed by atoms with Crippen LogP contribution in [0.3, 0.4) is 0 Å². The van der Waals surface area contributed by atoms with Crippen LogP contribution in [-0.4, -0.2) is 36.3 Å². The van der Waals surface area contributed by atoms with Gasteiger partial charge in [0.1, 0.15) is 5.82 Å². The molecule has 0 bridgehead atoms. The summed E-state index contributed by atoms with van der Waals surface area (Å²) in [6.45, 7) is 4.84. The van der Waals surface area contributed by atoms with E-state index in [1.165, 1.54) is 12.1 Å². The summed E-state index contributed by atoms with van der Waals surface area (Å²) in [5.41, 5.74) is 0.188. The highest BCUT2D eigenvalue weighted by Crippen LogP contribution is 2.16. The number of hydrogen-bond acceptors (Lipinski definition) is 2. The molecule has 0 aliphatic heterocycles. The van der Waals surface area contributed by atoms with Gasteiger partial charge in [-0.1, -0.05) is 0 Å². The van der Waals surface area contributed by atoms with Gasteiger partial charge in [0, 0.05) is 18.7 Å². The Bertz CT molecular complexity index is 476. The van der Waals surface area contributed by atoms with Gasteiger partial charge in [-0.3, -0.25) is 9.59 Å². The summed E-state index contributed by atoms with van der Waals surface area (Å²) in [6, 6.07) is 4.07. The maximum Gasteiger partial charge on any atom is 0.251 e. The van der Waals surface area contributed by atoms with E-state index in [4.69, 9.17) is 0 Å². The van der Waals surface area contributed by atoms with Crippen molar-refractivity contribution in [1.82, 2.24) is 10.2 Å². The van der Waals surface area contributed by atoms with E-state index in [1.807, 2.05) is 13.8 Å². The first-order valence-electron chi connectivity index (χ1n) is 6.00. The zero-order chi connectivity index (χ0) is 14.4. The first kappa shape index (κ1) is 15.6. The van der Waals surface area contributed by atoms with Gasteiger partial charge in [-0.15, -0.1) is 0 Å². The molecule has 0 aliphatic rings. The summed E-state index contributed by atoms with van der Waals surface area (Å²) in [5.74, 6) is -1.13. The minimum absolute atomic E-state index is 0.0851. The zero-order valence-electron chi connectivity index (χ0n) is 10.9. The summed E-state index contributed by atoms with van der Waals surface area (Å²) in [6.07, 6.45) is 0. The Morgan fingerprint density at radius 2 is 1.95 bits per heavy atom. The molecule has 0 atom stereocenters. The molecule has 4 nitrogen and oxygen atoms in total. The van der Waals surface area contributed by atoms with Gasteiger partial charge < -0.3 is 10.2 Å². The van der Waals surface area contributed by atoms with Crippen molar-refractivity contribution in [3.8, 4) is 0 Å². The predicted molar refractivity (Wildman–Crippen MR) is 74.4 cm³/mol. The maximum absolute atomic E-state index is 13.3. The van der Waals surface area contributed by atoms with E-state index in [0.29, 0.717) is 17.6 Å². The lowest BCUT2D eigenvalue weighted by Crippen LogP contribution is -2.40. The monoisotopic (exact) mass is 330 g/mol. The normalized spacial score (nSPS) is 10.1. The molecule has 1 rings (SSSR count). The molecule has 0 saturated carbocycles. The molecule has 1 aromatic carbocycles. The van der Waals surface area contributed by atoms with Crippen molar-refractivity contribution in [3.63, 3.8) is 0 Å². The van der Waals surface area contributed by atoms with E-state index in [9.17, 15) is 14.0 Å². The number of halogens is 2. The third kappa shape index (κ3) is 4.31. The molecular weight excluding hydrogens is 315 g/mol. The molecule has 0 unspecified atom stereocenters. The molecule has 0 radical (unpaired) electrons. The fourth-order valence-corrected chi connectivity index (χ4v) is 1.83. The maximum atomic E-state index is 13.3. The Balaban J connectivity index is 2.60. The Morgan fingerprint density at radius 3 is 2.47 bits per heavy atom. The highest BCUT2D eigenvalue weighted by atomic mass is 79.9. The topological polar surface area (TPSA) is 49.4 Å². The fourth-order valence-electron chi connectivity index (χ4n) is 1.58. The third-order valence-corrected chi connectivity index (χ3v) is 3.34. The fraction of sp³-hybridized carbons (Fsp3) is 0.385. The lowest BCUT2D eigenvalue weighted by molar-refractivity contribution is -0.129. The van der Waals surface area contributed by atoms with Crippen LogP contribution in [0.2, 0.25) is 0 Å². The number of hydrogen-bond donors (Lipinski definition) is 1.